The second-order valence-electron chi connectivity index (χ2n) is 3.72. The molecule has 0 bridgehead atoms. The van der Waals surface area contributed by atoms with E-state index in [2.05, 4.69) is 6.58 Å². The van der Waals surface area contributed by atoms with Crippen LogP contribution in [0, 0.1) is 0 Å². The van der Waals surface area contributed by atoms with Crippen molar-refractivity contribution < 1.29 is 24.1 Å². The van der Waals surface area contributed by atoms with E-state index in [0.717, 1.165) is 0 Å². The zero-order valence-electron chi connectivity index (χ0n) is 9.96. The van der Waals surface area contributed by atoms with Gasteiger partial charge < -0.3 is 24.1 Å². The first-order valence-corrected chi connectivity index (χ1v) is 5.27. The normalized spacial score (nSPS) is 39.6. The lowest BCUT2D eigenvalue weighted by molar-refractivity contribution is -0.299. The van der Waals surface area contributed by atoms with Crippen LogP contribution in [-0.2, 0) is 18.9 Å². The van der Waals surface area contributed by atoms with Gasteiger partial charge in [-0.1, -0.05) is 6.08 Å². The fourth-order valence-corrected chi connectivity index (χ4v) is 1.80. The Hall–Kier alpha value is -0.460. The van der Waals surface area contributed by atoms with Crippen LogP contribution in [0.25, 0.3) is 0 Å². The minimum atomic E-state index is -0.724. The molecule has 0 amide bonds. The highest BCUT2D eigenvalue weighted by Gasteiger charge is 2.44. The molecule has 1 rings (SSSR count). The third-order valence-corrected chi connectivity index (χ3v) is 2.68. The summed E-state index contributed by atoms with van der Waals surface area (Å²) < 4.78 is 21.4. The predicted molar refractivity (Wildman–Crippen MR) is 58.1 cm³/mol. The van der Waals surface area contributed by atoms with Crippen molar-refractivity contribution >= 4 is 0 Å². The quantitative estimate of drug-likeness (QED) is 0.692. The van der Waals surface area contributed by atoms with Crippen molar-refractivity contribution in [3.8, 4) is 0 Å². The second-order valence-corrected chi connectivity index (χ2v) is 3.72. The molecule has 0 saturated carbocycles. The Bertz CT molecular complexity index is 220. The van der Waals surface area contributed by atoms with Crippen molar-refractivity contribution in [2.75, 3.05) is 20.8 Å². The van der Waals surface area contributed by atoms with E-state index in [0.29, 0.717) is 6.61 Å². The molecule has 0 unspecified atom stereocenters. The summed E-state index contributed by atoms with van der Waals surface area (Å²) >= 11 is 0. The molecule has 16 heavy (non-hydrogen) atoms. The van der Waals surface area contributed by atoms with E-state index in [1.807, 2.05) is 0 Å². The van der Waals surface area contributed by atoms with E-state index in [-0.39, 0.29) is 6.10 Å². The summed E-state index contributed by atoms with van der Waals surface area (Å²) in [5.74, 6) is 0. The maximum Gasteiger partial charge on any atom is 0.187 e. The molecule has 0 spiro atoms. The molecule has 5 nitrogen and oxygen atoms in total. The fourth-order valence-electron chi connectivity index (χ4n) is 1.80. The van der Waals surface area contributed by atoms with Crippen molar-refractivity contribution in [3.05, 3.63) is 12.7 Å². The molecule has 0 aromatic heterocycles. The van der Waals surface area contributed by atoms with Gasteiger partial charge in [0, 0.05) is 14.2 Å². The molecule has 0 aromatic carbocycles. The lowest BCUT2D eigenvalue weighted by Gasteiger charge is -2.42. The van der Waals surface area contributed by atoms with Crippen molar-refractivity contribution in [1.29, 1.82) is 0 Å². The molecule has 1 heterocycles. The standard InChI is InChI=1S/C11H20O5/c1-5-6-15-11-10(14-4)9(13-3)8(12)7(2)16-11/h5,7-12H,1,6H2,2-4H3/t7-,8+,9+,10-,11-/m1/s1. The zero-order chi connectivity index (χ0) is 12.1. The molecular weight excluding hydrogens is 212 g/mol. The molecule has 5 heteroatoms. The molecular formula is C11H20O5. The Balaban J connectivity index is 2.71. The Morgan fingerprint density at radius 2 is 1.94 bits per heavy atom. The largest absolute Gasteiger partial charge is 0.388 e. The van der Waals surface area contributed by atoms with E-state index in [9.17, 15) is 5.11 Å². The average Bonchev–Trinajstić information content (AvgIpc) is 2.29. The van der Waals surface area contributed by atoms with Crippen LogP contribution in [0.5, 0.6) is 0 Å². The highest BCUT2D eigenvalue weighted by molar-refractivity contribution is 4.89. The molecule has 1 aliphatic heterocycles. The molecule has 0 aromatic rings. The minimum Gasteiger partial charge on any atom is -0.388 e. The molecule has 5 atom stereocenters. The average molecular weight is 232 g/mol. The molecule has 0 radical (unpaired) electrons. The summed E-state index contributed by atoms with van der Waals surface area (Å²) in [4.78, 5) is 0. The van der Waals surface area contributed by atoms with E-state index in [1.165, 1.54) is 14.2 Å². The Morgan fingerprint density at radius 1 is 1.31 bits per heavy atom. The van der Waals surface area contributed by atoms with E-state index < -0.39 is 24.6 Å². The molecule has 94 valence electrons. The predicted octanol–water partition coefficient (Wildman–Crippen LogP) is 0.325. The third kappa shape index (κ3) is 2.81. The Morgan fingerprint density at radius 3 is 2.44 bits per heavy atom. The summed E-state index contributed by atoms with van der Waals surface area (Å²) in [6, 6.07) is 0. The summed E-state index contributed by atoms with van der Waals surface area (Å²) in [6.45, 7) is 5.70. The third-order valence-electron chi connectivity index (χ3n) is 2.68. The number of aliphatic hydroxyl groups excluding tert-OH is 1. The summed E-state index contributed by atoms with van der Waals surface area (Å²) in [5, 5.41) is 9.88. The van der Waals surface area contributed by atoms with Gasteiger partial charge in [-0.05, 0) is 6.92 Å². The number of methoxy groups -OCH3 is 2. The first kappa shape index (κ1) is 13.6. The lowest BCUT2D eigenvalue weighted by Crippen LogP contribution is -2.58. The maximum atomic E-state index is 9.88. The van der Waals surface area contributed by atoms with Crippen molar-refractivity contribution in [2.45, 2.75) is 37.6 Å². The van der Waals surface area contributed by atoms with Gasteiger partial charge in [0.25, 0.3) is 0 Å². The van der Waals surface area contributed by atoms with Gasteiger partial charge in [0.1, 0.15) is 18.3 Å². The number of hydrogen-bond donors (Lipinski definition) is 1. The topological polar surface area (TPSA) is 57.2 Å². The SMILES string of the molecule is C=CCO[C@@H]1O[C@H](C)[C@H](O)[C@H](OC)[C@H]1OC. The van der Waals surface area contributed by atoms with Gasteiger partial charge >= 0.3 is 0 Å². The summed E-state index contributed by atoms with van der Waals surface area (Å²) in [6.07, 6.45) is -0.899. The smallest absolute Gasteiger partial charge is 0.187 e. The molecule has 1 saturated heterocycles. The van der Waals surface area contributed by atoms with Crippen LogP contribution < -0.4 is 0 Å². The monoisotopic (exact) mass is 232 g/mol. The number of aliphatic hydroxyl groups is 1. The van der Waals surface area contributed by atoms with Gasteiger partial charge in [-0.15, -0.1) is 6.58 Å². The summed E-state index contributed by atoms with van der Waals surface area (Å²) in [5.41, 5.74) is 0. The van der Waals surface area contributed by atoms with Crippen LogP contribution in [0.3, 0.4) is 0 Å². The maximum absolute atomic E-state index is 9.88. The van der Waals surface area contributed by atoms with Gasteiger partial charge in [0.2, 0.25) is 0 Å². The molecule has 1 fully saturated rings. The first-order chi connectivity index (χ1) is 7.65. The Labute approximate surface area is 95.9 Å². The van der Waals surface area contributed by atoms with Gasteiger partial charge in [0.15, 0.2) is 6.29 Å². The van der Waals surface area contributed by atoms with E-state index in [1.54, 1.807) is 13.0 Å². The van der Waals surface area contributed by atoms with Crippen molar-refractivity contribution in [3.63, 3.8) is 0 Å². The van der Waals surface area contributed by atoms with Crippen LogP contribution in [0.1, 0.15) is 6.92 Å². The molecule has 1 N–H and O–H groups in total. The fraction of sp³-hybridized carbons (Fsp3) is 0.818. The number of hydrogen-bond acceptors (Lipinski definition) is 5. The van der Waals surface area contributed by atoms with Crippen LogP contribution >= 0.6 is 0 Å². The number of ether oxygens (including phenoxy) is 4. The van der Waals surface area contributed by atoms with Gasteiger partial charge in [-0.25, -0.2) is 0 Å². The minimum absolute atomic E-state index is 0.355. The molecule has 1 aliphatic rings. The Kier molecular flexibility index (Phi) is 5.37. The molecule has 0 aliphatic carbocycles. The van der Waals surface area contributed by atoms with Crippen LogP contribution in [-0.4, -0.2) is 56.6 Å². The zero-order valence-corrected chi connectivity index (χ0v) is 9.96. The van der Waals surface area contributed by atoms with Crippen LogP contribution in [0.2, 0.25) is 0 Å². The van der Waals surface area contributed by atoms with Crippen molar-refractivity contribution in [1.82, 2.24) is 0 Å². The van der Waals surface area contributed by atoms with Crippen LogP contribution in [0.4, 0.5) is 0 Å². The first-order valence-electron chi connectivity index (χ1n) is 5.27. The van der Waals surface area contributed by atoms with E-state index in [4.69, 9.17) is 18.9 Å². The van der Waals surface area contributed by atoms with Crippen molar-refractivity contribution in [2.24, 2.45) is 0 Å². The number of rotatable bonds is 5. The van der Waals surface area contributed by atoms with E-state index >= 15 is 0 Å². The van der Waals surface area contributed by atoms with Gasteiger partial charge in [0.05, 0.1) is 12.7 Å². The van der Waals surface area contributed by atoms with Gasteiger partial charge in [-0.2, -0.15) is 0 Å². The van der Waals surface area contributed by atoms with Gasteiger partial charge in [-0.3, -0.25) is 0 Å². The highest BCUT2D eigenvalue weighted by atomic mass is 16.7. The lowest BCUT2D eigenvalue weighted by atomic mass is 9.99. The van der Waals surface area contributed by atoms with Crippen LogP contribution in [0.15, 0.2) is 12.7 Å². The summed E-state index contributed by atoms with van der Waals surface area (Å²) in [7, 11) is 3.07. The highest BCUT2D eigenvalue weighted by Crippen LogP contribution is 2.25. The second kappa shape index (κ2) is 6.32.